The number of pyridine rings is 1. The number of rotatable bonds is 4. The van der Waals surface area contributed by atoms with Crippen LogP contribution in [0.15, 0.2) is 11.1 Å². The van der Waals surface area contributed by atoms with Gasteiger partial charge < -0.3 is 10.2 Å². The summed E-state index contributed by atoms with van der Waals surface area (Å²) in [6, 6.07) is 2.15. The van der Waals surface area contributed by atoms with E-state index >= 15 is 0 Å². The maximum absolute atomic E-state index is 4.76. The van der Waals surface area contributed by atoms with Gasteiger partial charge in [0.25, 0.3) is 0 Å². The maximum Gasteiger partial charge on any atom is 0.167 e. The summed E-state index contributed by atoms with van der Waals surface area (Å²) in [5.41, 5.74) is 4.30. The van der Waals surface area contributed by atoms with E-state index in [1.165, 1.54) is 5.56 Å². The second kappa shape index (κ2) is 5.44. The van der Waals surface area contributed by atoms with Gasteiger partial charge in [0.15, 0.2) is 11.5 Å². The second-order valence-corrected chi connectivity index (χ2v) is 5.82. The quantitative estimate of drug-likeness (QED) is 0.903. The van der Waals surface area contributed by atoms with Crippen molar-refractivity contribution in [3.8, 4) is 0 Å². The van der Waals surface area contributed by atoms with Crippen molar-refractivity contribution in [2.24, 2.45) is 4.99 Å². The molecule has 0 atom stereocenters. The van der Waals surface area contributed by atoms with E-state index in [1.54, 1.807) is 0 Å². The van der Waals surface area contributed by atoms with E-state index in [1.807, 2.05) is 4.52 Å². The topological polar surface area (TPSA) is 57.8 Å². The van der Waals surface area contributed by atoms with Gasteiger partial charge in [0.1, 0.15) is 5.84 Å². The molecule has 0 bridgehead atoms. The van der Waals surface area contributed by atoms with E-state index in [0.717, 1.165) is 54.6 Å². The summed E-state index contributed by atoms with van der Waals surface area (Å²) in [6.07, 6.45) is 0.854. The van der Waals surface area contributed by atoms with E-state index in [9.17, 15) is 0 Å². The Balaban J connectivity index is 2.09. The molecular weight excluding hydrogens is 264 g/mol. The molecule has 6 heteroatoms. The maximum atomic E-state index is 4.76. The van der Waals surface area contributed by atoms with Crippen molar-refractivity contribution in [2.45, 2.75) is 20.3 Å². The van der Waals surface area contributed by atoms with Gasteiger partial charge in [-0.1, -0.05) is 0 Å². The van der Waals surface area contributed by atoms with Crippen molar-refractivity contribution in [1.29, 1.82) is 0 Å². The molecule has 3 rings (SSSR count). The molecule has 0 spiro atoms. The molecule has 21 heavy (non-hydrogen) atoms. The highest BCUT2D eigenvalue weighted by molar-refractivity contribution is 6.05. The number of nitrogens with one attached hydrogen (secondary N) is 1. The molecule has 6 nitrogen and oxygen atoms in total. The highest BCUT2D eigenvalue weighted by Crippen LogP contribution is 2.18. The summed E-state index contributed by atoms with van der Waals surface area (Å²) < 4.78 is 1.94. The molecule has 3 heterocycles. The zero-order chi connectivity index (χ0) is 15.0. The Hall–Kier alpha value is -1.95. The predicted molar refractivity (Wildman–Crippen MR) is 84.1 cm³/mol. The SMILES string of the molecule is Cc1cc(C)n2nc(CCN(C)C)nc2c1C1=NCCN1. The zero-order valence-electron chi connectivity index (χ0n) is 13.1. The minimum Gasteiger partial charge on any atom is -0.368 e. The molecule has 0 aromatic carbocycles. The molecule has 112 valence electrons. The van der Waals surface area contributed by atoms with E-state index < -0.39 is 0 Å². The first-order valence-corrected chi connectivity index (χ1v) is 7.35. The van der Waals surface area contributed by atoms with Gasteiger partial charge in [0.05, 0.1) is 12.1 Å². The van der Waals surface area contributed by atoms with Crippen LogP contribution in [0.5, 0.6) is 0 Å². The summed E-state index contributed by atoms with van der Waals surface area (Å²) in [5.74, 6) is 1.83. The van der Waals surface area contributed by atoms with E-state index in [0.29, 0.717) is 0 Å². The molecule has 0 radical (unpaired) electrons. The highest BCUT2D eigenvalue weighted by Gasteiger charge is 2.19. The van der Waals surface area contributed by atoms with Crippen LogP contribution in [-0.4, -0.2) is 59.1 Å². The van der Waals surface area contributed by atoms with Crippen LogP contribution in [-0.2, 0) is 6.42 Å². The van der Waals surface area contributed by atoms with Crippen LogP contribution in [0.4, 0.5) is 0 Å². The summed E-state index contributed by atoms with van der Waals surface area (Å²) in [4.78, 5) is 11.4. The number of aromatic nitrogens is 3. The zero-order valence-corrected chi connectivity index (χ0v) is 13.1. The Morgan fingerprint density at radius 2 is 2.14 bits per heavy atom. The van der Waals surface area contributed by atoms with E-state index in [4.69, 9.17) is 4.98 Å². The Kier molecular flexibility index (Phi) is 3.63. The first kappa shape index (κ1) is 14.0. The lowest BCUT2D eigenvalue weighted by Gasteiger charge is -2.09. The molecule has 2 aromatic heterocycles. The lowest BCUT2D eigenvalue weighted by atomic mass is 10.1. The number of aliphatic imine (C=N–C) groups is 1. The third-order valence-electron chi connectivity index (χ3n) is 3.72. The Bertz CT molecular complexity index is 698. The van der Waals surface area contributed by atoms with Crippen LogP contribution in [0.25, 0.3) is 5.65 Å². The fourth-order valence-electron chi connectivity index (χ4n) is 2.67. The third kappa shape index (κ3) is 2.63. The van der Waals surface area contributed by atoms with Gasteiger partial charge in [-0.2, -0.15) is 5.10 Å². The van der Waals surface area contributed by atoms with Crippen LogP contribution in [0.1, 0.15) is 22.6 Å². The number of nitrogens with zero attached hydrogens (tertiary/aromatic N) is 5. The van der Waals surface area contributed by atoms with Crippen LogP contribution in [0.2, 0.25) is 0 Å². The number of amidine groups is 1. The fourth-order valence-corrected chi connectivity index (χ4v) is 2.67. The standard InChI is InChI=1S/C15H22N6/c1-10-9-11(2)21-15(13(10)14-16-6-7-17-14)18-12(19-21)5-8-20(3)4/h9H,5-8H2,1-4H3,(H,16,17). The summed E-state index contributed by atoms with van der Waals surface area (Å²) in [7, 11) is 4.13. The van der Waals surface area contributed by atoms with Gasteiger partial charge in [-0.15, -0.1) is 0 Å². The van der Waals surface area contributed by atoms with Crippen molar-refractivity contribution in [3.63, 3.8) is 0 Å². The van der Waals surface area contributed by atoms with Crippen molar-refractivity contribution in [2.75, 3.05) is 33.7 Å². The van der Waals surface area contributed by atoms with E-state index in [-0.39, 0.29) is 0 Å². The summed E-state index contributed by atoms with van der Waals surface area (Å²) in [6.45, 7) is 6.85. The van der Waals surface area contributed by atoms with Crippen LogP contribution >= 0.6 is 0 Å². The Labute approximate surface area is 124 Å². The molecular formula is C15H22N6. The van der Waals surface area contributed by atoms with Gasteiger partial charge in [-0.3, -0.25) is 4.99 Å². The summed E-state index contributed by atoms with van der Waals surface area (Å²) >= 11 is 0. The highest BCUT2D eigenvalue weighted by atomic mass is 15.3. The van der Waals surface area contributed by atoms with Gasteiger partial charge in [0.2, 0.25) is 0 Å². The average molecular weight is 286 g/mol. The average Bonchev–Trinajstić information content (AvgIpc) is 3.05. The molecule has 1 aliphatic heterocycles. The first-order valence-electron chi connectivity index (χ1n) is 7.35. The van der Waals surface area contributed by atoms with Crippen LogP contribution in [0.3, 0.4) is 0 Å². The van der Waals surface area contributed by atoms with Crippen molar-refractivity contribution in [3.05, 3.63) is 28.7 Å². The molecule has 2 aromatic rings. The third-order valence-corrected chi connectivity index (χ3v) is 3.72. The van der Waals surface area contributed by atoms with E-state index in [2.05, 4.69) is 54.3 Å². The fraction of sp³-hybridized carbons (Fsp3) is 0.533. The Morgan fingerprint density at radius 1 is 1.33 bits per heavy atom. The van der Waals surface area contributed by atoms with Gasteiger partial charge in [-0.05, 0) is 39.6 Å². The van der Waals surface area contributed by atoms with Crippen LogP contribution < -0.4 is 5.32 Å². The molecule has 0 fully saturated rings. The number of hydrogen-bond donors (Lipinski definition) is 1. The smallest absolute Gasteiger partial charge is 0.167 e. The molecule has 0 saturated heterocycles. The van der Waals surface area contributed by atoms with Gasteiger partial charge in [0, 0.05) is 25.2 Å². The lowest BCUT2D eigenvalue weighted by Crippen LogP contribution is -2.21. The molecule has 1 aliphatic rings. The number of likely N-dealkylation sites (N-methyl/N-ethyl adjacent to an activating group) is 1. The monoisotopic (exact) mass is 286 g/mol. The predicted octanol–water partition coefficient (Wildman–Crippen LogP) is 0.800. The molecule has 0 aliphatic carbocycles. The van der Waals surface area contributed by atoms with Crippen molar-refractivity contribution in [1.82, 2.24) is 24.8 Å². The lowest BCUT2D eigenvalue weighted by molar-refractivity contribution is 0.409. The number of hydrogen-bond acceptors (Lipinski definition) is 5. The molecule has 0 saturated carbocycles. The van der Waals surface area contributed by atoms with Gasteiger partial charge >= 0.3 is 0 Å². The first-order chi connectivity index (χ1) is 10.1. The normalized spacial score (nSPS) is 14.8. The van der Waals surface area contributed by atoms with Crippen molar-refractivity contribution >= 4 is 11.5 Å². The summed E-state index contributed by atoms with van der Waals surface area (Å²) in [5, 5.41) is 8.00. The minimum absolute atomic E-state index is 0.830. The van der Waals surface area contributed by atoms with Gasteiger partial charge in [-0.25, -0.2) is 9.50 Å². The second-order valence-electron chi connectivity index (χ2n) is 5.82. The molecule has 1 N–H and O–H groups in total. The van der Waals surface area contributed by atoms with Crippen molar-refractivity contribution < 1.29 is 0 Å². The number of aryl methyl sites for hydroxylation is 2. The number of fused-ring (bicyclic) bond motifs is 1. The molecule has 0 amide bonds. The Morgan fingerprint density at radius 3 is 2.81 bits per heavy atom. The van der Waals surface area contributed by atoms with Crippen LogP contribution in [0, 0.1) is 13.8 Å². The minimum atomic E-state index is 0.830. The molecule has 0 unspecified atom stereocenters. The largest absolute Gasteiger partial charge is 0.368 e.